The van der Waals surface area contributed by atoms with Gasteiger partial charge in [-0.25, -0.2) is 0 Å². The number of nitrogens with one attached hydrogen (secondary N) is 1. The molecule has 0 aromatic rings. The van der Waals surface area contributed by atoms with Crippen LogP contribution in [0.4, 0.5) is 0 Å². The summed E-state index contributed by atoms with van der Waals surface area (Å²) in [5.41, 5.74) is 0. The molecule has 1 aliphatic heterocycles. The standard InChI is InChI=1S/C15H33N3/c1-12(2)9-15(10-17(5)6)16-14-7-8-18(11-14)13(3)4/h12-16H,7-11H2,1-6H3. The number of hydrogen-bond donors (Lipinski definition) is 1. The molecule has 1 rings (SSSR count). The normalized spacial score (nSPS) is 23.5. The van der Waals surface area contributed by atoms with Gasteiger partial charge in [-0.2, -0.15) is 0 Å². The van der Waals surface area contributed by atoms with Crippen LogP contribution in [0.5, 0.6) is 0 Å². The van der Waals surface area contributed by atoms with Gasteiger partial charge in [-0.15, -0.1) is 0 Å². The molecule has 2 atom stereocenters. The zero-order valence-electron chi connectivity index (χ0n) is 13.2. The quantitative estimate of drug-likeness (QED) is 0.751. The second-order valence-corrected chi connectivity index (χ2v) is 6.83. The van der Waals surface area contributed by atoms with Crippen LogP contribution in [-0.2, 0) is 0 Å². The predicted octanol–water partition coefficient (Wildman–Crippen LogP) is 2.03. The summed E-state index contributed by atoms with van der Waals surface area (Å²) < 4.78 is 0. The number of nitrogens with zero attached hydrogens (tertiary/aromatic N) is 2. The molecule has 0 aromatic heterocycles. The van der Waals surface area contributed by atoms with Crippen molar-refractivity contribution in [1.82, 2.24) is 15.1 Å². The van der Waals surface area contributed by atoms with E-state index in [2.05, 4.69) is 56.9 Å². The molecule has 0 bridgehead atoms. The lowest BCUT2D eigenvalue weighted by molar-refractivity contribution is 0.252. The fourth-order valence-corrected chi connectivity index (χ4v) is 2.93. The number of likely N-dealkylation sites (tertiary alicyclic amines) is 1. The van der Waals surface area contributed by atoms with Crippen LogP contribution in [0.3, 0.4) is 0 Å². The van der Waals surface area contributed by atoms with E-state index >= 15 is 0 Å². The van der Waals surface area contributed by atoms with Crippen LogP contribution in [0, 0.1) is 5.92 Å². The smallest absolute Gasteiger partial charge is 0.0210 e. The third kappa shape index (κ3) is 5.68. The number of likely N-dealkylation sites (N-methyl/N-ethyl adjacent to an activating group) is 1. The summed E-state index contributed by atoms with van der Waals surface area (Å²) in [5, 5.41) is 3.88. The first-order chi connectivity index (χ1) is 8.38. The van der Waals surface area contributed by atoms with Gasteiger partial charge in [0.1, 0.15) is 0 Å². The van der Waals surface area contributed by atoms with Crippen molar-refractivity contribution in [1.29, 1.82) is 0 Å². The van der Waals surface area contributed by atoms with Gasteiger partial charge in [0.2, 0.25) is 0 Å². The Balaban J connectivity index is 2.41. The van der Waals surface area contributed by atoms with Gasteiger partial charge in [0, 0.05) is 31.2 Å². The highest BCUT2D eigenvalue weighted by Gasteiger charge is 2.26. The van der Waals surface area contributed by atoms with E-state index in [-0.39, 0.29) is 0 Å². The zero-order valence-corrected chi connectivity index (χ0v) is 13.2. The number of hydrogen-bond acceptors (Lipinski definition) is 3. The Morgan fingerprint density at radius 1 is 1.22 bits per heavy atom. The predicted molar refractivity (Wildman–Crippen MR) is 80.0 cm³/mol. The molecule has 1 N–H and O–H groups in total. The molecule has 3 heteroatoms. The topological polar surface area (TPSA) is 18.5 Å². The average Bonchev–Trinajstić information content (AvgIpc) is 2.63. The van der Waals surface area contributed by atoms with E-state index in [1.807, 2.05) is 0 Å². The van der Waals surface area contributed by atoms with Crippen molar-refractivity contribution in [2.24, 2.45) is 5.92 Å². The molecular weight excluding hydrogens is 222 g/mol. The van der Waals surface area contributed by atoms with E-state index in [0.717, 1.165) is 12.5 Å². The first kappa shape index (κ1) is 15.9. The minimum atomic E-state index is 0.636. The van der Waals surface area contributed by atoms with Crippen molar-refractivity contribution in [3.63, 3.8) is 0 Å². The van der Waals surface area contributed by atoms with Crippen LogP contribution in [0.25, 0.3) is 0 Å². The summed E-state index contributed by atoms with van der Waals surface area (Å²) >= 11 is 0. The van der Waals surface area contributed by atoms with Gasteiger partial charge < -0.3 is 10.2 Å². The van der Waals surface area contributed by atoms with Gasteiger partial charge in [0.15, 0.2) is 0 Å². The van der Waals surface area contributed by atoms with Crippen molar-refractivity contribution in [2.45, 2.75) is 58.7 Å². The molecule has 0 aliphatic carbocycles. The van der Waals surface area contributed by atoms with E-state index in [1.165, 1.54) is 25.9 Å². The third-order valence-corrected chi connectivity index (χ3v) is 3.76. The third-order valence-electron chi connectivity index (χ3n) is 3.76. The second kappa shape index (κ2) is 7.46. The molecule has 1 aliphatic rings. The lowest BCUT2D eigenvalue weighted by Gasteiger charge is -2.28. The van der Waals surface area contributed by atoms with Crippen LogP contribution in [0.1, 0.15) is 40.5 Å². The first-order valence-corrected chi connectivity index (χ1v) is 7.53. The van der Waals surface area contributed by atoms with E-state index in [0.29, 0.717) is 18.1 Å². The summed E-state index contributed by atoms with van der Waals surface area (Å²) in [5.74, 6) is 0.769. The van der Waals surface area contributed by atoms with Crippen molar-refractivity contribution in [2.75, 3.05) is 33.7 Å². The Kier molecular flexibility index (Phi) is 6.61. The molecule has 2 unspecified atom stereocenters. The Labute approximate surface area is 114 Å². The van der Waals surface area contributed by atoms with Crippen LogP contribution in [0.15, 0.2) is 0 Å². The van der Waals surface area contributed by atoms with Gasteiger partial charge in [-0.3, -0.25) is 4.90 Å². The van der Waals surface area contributed by atoms with Gasteiger partial charge in [-0.1, -0.05) is 13.8 Å². The maximum Gasteiger partial charge on any atom is 0.0210 e. The highest BCUT2D eigenvalue weighted by atomic mass is 15.2. The first-order valence-electron chi connectivity index (χ1n) is 7.53. The molecule has 3 nitrogen and oxygen atoms in total. The molecule has 108 valence electrons. The molecule has 0 amide bonds. The van der Waals surface area contributed by atoms with Gasteiger partial charge in [0.05, 0.1) is 0 Å². The molecule has 0 radical (unpaired) electrons. The van der Waals surface area contributed by atoms with E-state index in [1.54, 1.807) is 0 Å². The van der Waals surface area contributed by atoms with Crippen LogP contribution in [-0.4, -0.2) is 61.7 Å². The van der Waals surface area contributed by atoms with Gasteiger partial charge in [0.25, 0.3) is 0 Å². The minimum Gasteiger partial charge on any atom is -0.309 e. The molecule has 0 spiro atoms. The van der Waals surface area contributed by atoms with E-state index in [4.69, 9.17) is 0 Å². The Morgan fingerprint density at radius 3 is 2.33 bits per heavy atom. The Morgan fingerprint density at radius 2 is 1.89 bits per heavy atom. The second-order valence-electron chi connectivity index (χ2n) is 6.83. The fourth-order valence-electron chi connectivity index (χ4n) is 2.93. The van der Waals surface area contributed by atoms with E-state index in [9.17, 15) is 0 Å². The van der Waals surface area contributed by atoms with Crippen LogP contribution < -0.4 is 5.32 Å². The monoisotopic (exact) mass is 255 g/mol. The Hall–Kier alpha value is -0.120. The summed E-state index contributed by atoms with van der Waals surface area (Å²) in [4.78, 5) is 4.88. The van der Waals surface area contributed by atoms with E-state index < -0.39 is 0 Å². The van der Waals surface area contributed by atoms with Crippen molar-refractivity contribution >= 4 is 0 Å². The number of rotatable bonds is 7. The minimum absolute atomic E-state index is 0.636. The van der Waals surface area contributed by atoms with Crippen LogP contribution >= 0.6 is 0 Å². The lowest BCUT2D eigenvalue weighted by atomic mass is 10.0. The highest BCUT2D eigenvalue weighted by Crippen LogP contribution is 2.15. The summed E-state index contributed by atoms with van der Waals surface area (Å²) in [7, 11) is 4.34. The van der Waals surface area contributed by atoms with Crippen LogP contribution in [0.2, 0.25) is 0 Å². The maximum atomic E-state index is 3.88. The SMILES string of the molecule is CC(C)CC(CN(C)C)NC1CCN(C(C)C)C1. The molecular formula is C15H33N3. The molecule has 1 heterocycles. The molecule has 0 aromatic carbocycles. The molecule has 1 fully saturated rings. The van der Waals surface area contributed by atoms with Crippen molar-refractivity contribution < 1.29 is 0 Å². The summed E-state index contributed by atoms with van der Waals surface area (Å²) in [6, 6.07) is 2.02. The van der Waals surface area contributed by atoms with Gasteiger partial charge >= 0.3 is 0 Å². The zero-order chi connectivity index (χ0) is 13.7. The Bertz CT molecular complexity index is 216. The summed E-state index contributed by atoms with van der Waals surface area (Å²) in [6.07, 6.45) is 2.58. The fraction of sp³-hybridized carbons (Fsp3) is 1.00. The van der Waals surface area contributed by atoms with Crippen molar-refractivity contribution in [3.8, 4) is 0 Å². The molecule has 18 heavy (non-hydrogen) atoms. The van der Waals surface area contributed by atoms with Gasteiger partial charge in [-0.05, 0) is 53.2 Å². The lowest BCUT2D eigenvalue weighted by Crippen LogP contribution is -2.46. The average molecular weight is 255 g/mol. The summed E-state index contributed by atoms with van der Waals surface area (Å²) in [6.45, 7) is 12.9. The molecule has 0 saturated carbocycles. The van der Waals surface area contributed by atoms with Crippen molar-refractivity contribution in [3.05, 3.63) is 0 Å². The largest absolute Gasteiger partial charge is 0.309 e. The molecule has 1 saturated heterocycles. The highest BCUT2D eigenvalue weighted by molar-refractivity contribution is 4.86. The maximum absolute atomic E-state index is 3.88.